The highest BCUT2D eigenvalue weighted by Crippen LogP contribution is 2.23. The van der Waals surface area contributed by atoms with Gasteiger partial charge in [-0.25, -0.2) is 0 Å². The number of nitrogens with zero attached hydrogens (tertiary/aromatic N) is 1. The molecule has 0 N–H and O–H groups in total. The van der Waals surface area contributed by atoms with Gasteiger partial charge in [-0.2, -0.15) is 0 Å². The molecule has 0 aliphatic carbocycles. The van der Waals surface area contributed by atoms with Gasteiger partial charge < -0.3 is 0 Å². The van der Waals surface area contributed by atoms with Crippen molar-refractivity contribution in [2.24, 2.45) is 5.92 Å². The van der Waals surface area contributed by atoms with E-state index < -0.39 is 0 Å². The summed E-state index contributed by atoms with van der Waals surface area (Å²) in [6.45, 7) is 4.12. The Kier molecular flexibility index (Phi) is 5.32. The van der Waals surface area contributed by atoms with Gasteiger partial charge >= 0.3 is 0 Å². The van der Waals surface area contributed by atoms with Crippen molar-refractivity contribution >= 4 is 11.8 Å². The van der Waals surface area contributed by atoms with E-state index in [1.807, 2.05) is 32.0 Å². The predicted octanol–water partition coefficient (Wildman–Crippen LogP) is 3.22. The first kappa shape index (κ1) is 13.0. The van der Waals surface area contributed by atoms with Gasteiger partial charge in [0.2, 0.25) is 6.54 Å². The summed E-state index contributed by atoms with van der Waals surface area (Å²) >= 11 is 1.67. The molecule has 0 bridgehead atoms. The lowest BCUT2D eigenvalue weighted by atomic mass is 10.1. The van der Waals surface area contributed by atoms with Gasteiger partial charge in [0, 0.05) is 10.7 Å². The summed E-state index contributed by atoms with van der Waals surface area (Å²) in [5, 5.41) is 10.6. The highest BCUT2D eigenvalue weighted by molar-refractivity contribution is 7.99. The summed E-state index contributed by atoms with van der Waals surface area (Å²) < 4.78 is 0. The van der Waals surface area contributed by atoms with E-state index in [1.54, 1.807) is 11.8 Å². The first-order valence-electron chi connectivity index (χ1n) is 5.37. The Morgan fingerprint density at radius 1 is 1.31 bits per heavy atom. The Labute approximate surface area is 100 Å². The molecule has 1 atom stereocenters. The zero-order valence-corrected chi connectivity index (χ0v) is 10.4. The molecule has 0 saturated heterocycles. The SMILES string of the molecule is CC(C)C(C[N+](=O)[O-])SCc1ccccc1. The van der Waals surface area contributed by atoms with E-state index >= 15 is 0 Å². The Morgan fingerprint density at radius 3 is 2.44 bits per heavy atom. The minimum atomic E-state index is -0.220. The lowest BCUT2D eigenvalue weighted by molar-refractivity contribution is -0.480. The highest BCUT2D eigenvalue weighted by Gasteiger charge is 2.19. The van der Waals surface area contributed by atoms with Crippen molar-refractivity contribution < 1.29 is 4.92 Å². The van der Waals surface area contributed by atoms with Crippen LogP contribution in [0.3, 0.4) is 0 Å². The van der Waals surface area contributed by atoms with Gasteiger partial charge in [0.05, 0.1) is 5.25 Å². The summed E-state index contributed by atoms with van der Waals surface area (Å²) in [4.78, 5) is 10.3. The van der Waals surface area contributed by atoms with Gasteiger partial charge in [-0.3, -0.25) is 10.1 Å². The van der Waals surface area contributed by atoms with Gasteiger partial charge in [0.1, 0.15) is 0 Å². The molecular weight excluding hydrogens is 222 g/mol. The molecule has 0 fully saturated rings. The molecule has 4 heteroatoms. The van der Waals surface area contributed by atoms with Gasteiger partial charge in [-0.15, -0.1) is 11.8 Å². The normalized spacial score (nSPS) is 12.7. The number of rotatable bonds is 6. The van der Waals surface area contributed by atoms with Crippen LogP contribution in [0.15, 0.2) is 30.3 Å². The van der Waals surface area contributed by atoms with Crippen LogP contribution in [0.2, 0.25) is 0 Å². The molecule has 1 rings (SSSR count). The van der Waals surface area contributed by atoms with E-state index in [9.17, 15) is 10.1 Å². The van der Waals surface area contributed by atoms with Crippen LogP contribution in [0, 0.1) is 16.0 Å². The molecule has 1 aromatic rings. The first-order valence-corrected chi connectivity index (χ1v) is 6.42. The Balaban J connectivity index is 2.47. The third-order valence-corrected chi connectivity index (χ3v) is 4.00. The van der Waals surface area contributed by atoms with Crippen molar-refractivity contribution in [3.63, 3.8) is 0 Å². The summed E-state index contributed by atoms with van der Waals surface area (Å²) in [5.74, 6) is 1.18. The average Bonchev–Trinajstić information content (AvgIpc) is 2.25. The maximum atomic E-state index is 10.5. The average molecular weight is 239 g/mol. The van der Waals surface area contributed by atoms with Gasteiger partial charge in [-0.05, 0) is 11.5 Å². The zero-order chi connectivity index (χ0) is 12.0. The summed E-state index contributed by atoms with van der Waals surface area (Å²) in [6, 6.07) is 10.1. The maximum absolute atomic E-state index is 10.5. The Morgan fingerprint density at radius 2 is 1.94 bits per heavy atom. The van der Waals surface area contributed by atoms with E-state index in [-0.39, 0.29) is 16.7 Å². The molecule has 0 amide bonds. The predicted molar refractivity (Wildman–Crippen MR) is 68.2 cm³/mol. The Bertz CT molecular complexity index is 327. The van der Waals surface area contributed by atoms with E-state index in [1.165, 1.54) is 5.56 Å². The van der Waals surface area contributed by atoms with Crippen LogP contribution in [0.25, 0.3) is 0 Å². The monoisotopic (exact) mass is 239 g/mol. The third-order valence-electron chi connectivity index (χ3n) is 2.38. The van der Waals surface area contributed by atoms with Crippen LogP contribution in [-0.4, -0.2) is 16.7 Å². The van der Waals surface area contributed by atoms with Crippen LogP contribution in [0.5, 0.6) is 0 Å². The molecule has 88 valence electrons. The minimum absolute atomic E-state index is 0.0508. The lowest BCUT2D eigenvalue weighted by Crippen LogP contribution is -2.22. The van der Waals surface area contributed by atoms with Gasteiger partial charge in [-0.1, -0.05) is 44.2 Å². The number of nitro groups is 1. The van der Waals surface area contributed by atoms with Crippen molar-refractivity contribution in [1.29, 1.82) is 0 Å². The smallest absolute Gasteiger partial charge is 0.215 e. The minimum Gasteiger partial charge on any atom is -0.265 e. The van der Waals surface area contributed by atoms with Crippen molar-refractivity contribution in [2.45, 2.75) is 24.9 Å². The first-order chi connectivity index (χ1) is 7.59. The quantitative estimate of drug-likeness (QED) is 0.565. The number of benzene rings is 1. The molecule has 0 heterocycles. The van der Waals surface area contributed by atoms with Crippen LogP contribution < -0.4 is 0 Å². The second-order valence-corrected chi connectivity index (χ2v) is 5.32. The fourth-order valence-corrected chi connectivity index (χ4v) is 2.59. The maximum Gasteiger partial charge on any atom is 0.215 e. The van der Waals surface area contributed by atoms with Crippen LogP contribution in [0.1, 0.15) is 19.4 Å². The molecule has 1 unspecified atom stereocenters. The molecular formula is C12H17NO2S. The van der Waals surface area contributed by atoms with E-state index in [4.69, 9.17) is 0 Å². The molecule has 16 heavy (non-hydrogen) atoms. The summed E-state index contributed by atoms with van der Waals surface area (Å²) in [5.41, 5.74) is 1.22. The zero-order valence-electron chi connectivity index (χ0n) is 9.63. The second-order valence-electron chi connectivity index (χ2n) is 4.09. The topological polar surface area (TPSA) is 43.1 Å². The summed E-state index contributed by atoms with van der Waals surface area (Å²) in [7, 11) is 0. The van der Waals surface area contributed by atoms with Crippen molar-refractivity contribution in [3.05, 3.63) is 46.0 Å². The number of hydrogen-bond donors (Lipinski definition) is 0. The van der Waals surface area contributed by atoms with E-state index in [0.29, 0.717) is 5.92 Å². The standard InChI is InChI=1S/C12H17NO2S/c1-10(2)12(8-13(14)15)16-9-11-6-4-3-5-7-11/h3-7,10,12H,8-9H2,1-2H3. The number of hydrogen-bond acceptors (Lipinski definition) is 3. The van der Waals surface area contributed by atoms with Crippen molar-refractivity contribution in [3.8, 4) is 0 Å². The molecule has 0 aromatic heterocycles. The Hall–Kier alpha value is -1.03. The molecule has 0 aliphatic heterocycles. The molecule has 0 aliphatic rings. The highest BCUT2D eigenvalue weighted by atomic mass is 32.2. The van der Waals surface area contributed by atoms with Crippen LogP contribution in [0.4, 0.5) is 0 Å². The number of thioether (sulfide) groups is 1. The third kappa shape index (κ3) is 4.66. The fraction of sp³-hybridized carbons (Fsp3) is 0.500. The fourth-order valence-electron chi connectivity index (χ4n) is 1.38. The second kappa shape index (κ2) is 6.53. The molecule has 0 spiro atoms. The molecule has 0 radical (unpaired) electrons. The van der Waals surface area contributed by atoms with Gasteiger partial charge in [0.15, 0.2) is 0 Å². The molecule has 1 aromatic carbocycles. The van der Waals surface area contributed by atoms with Crippen LogP contribution >= 0.6 is 11.8 Å². The largest absolute Gasteiger partial charge is 0.265 e. The van der Waals surface area contributed by atoms with Crippen LogP contribution in [-0.2, 0) is 5.75 Å². The van der Waals surface area contributed by atoms with Crippen molar-refractivity contribution in [2.75, 3.05) is 6.54 Å². The van der Waals surface area contributed by atoms with E-state index in [2.05, 4.69) is 12.1 Å². The summed E-state index contributed by atoms with van der Waals surface area (Å²) in [6.07, 6.45) is 0. The van der Waals surface area contributed by atoms with Gasteiger partial charge in [0.25, 0.3) is 0 Å². The van der Waals surface area contributed by atoms with Crippen molar-refractivity contribution in [1.82, 2.24) is 0 Å². The lowest BCUT2D eigenvalue weighted by Gasteiger charge is -2.16. The molecule has 0 saturated carbocycles. The molecule has 3 nitrogen and oxygen atoms in total. The van der Waals surface area contributed by atoms with E-state index in [0.717, 1.165) is 5.75 Å².